The minimum atomic E-state index is -6.17. The van der Waals surface area contributed by atoms with Gasteiger partial charge in [-0.15, -0.1) is 26.3 Å². The number of ether oxygens (including phenoxy) is 2. The van der Waals surface area contributed by atoms with Crippen LogP contribution in [-0.2, 0) is 9.47 Å². The molecule has 0 rings (SSSR count). The van der Waals surface area contributed by atoms with Gasteiger partial charge in [0, 0.05) is 16.0 Å². The Kier molecular flexibility index (Phi) is 37.5. The van der Waals surface area contributed by atoms with E-state index in [2.05, 4.69) is 57.3 Å². The van der Waals surface area contributed by atoms with Gasteiger partial charge < -0.3 is 9.84 Å². The molecular formula is C9H13Br3F10O5S. The Hall–Kier alpha value is 0.150. The molecule has 0 amide bonds. The third-order valence-electron chi connectivity index (χ3n) is 0.720. The SMILES string of the molecule is FC(F)(F)OCCBr.FS(F)(F)F.O=C(F)F.O=C(F)OCCBr.OCCBr. The van der Waals surface area contributed by atoms with Crippen LogP contribution >= 0.6 is 59.4 Å². The molecule has 28 heavy (non-hydrogen) atoms. The summed E-state index contributed by atoms with van der Waals surface area (Å²) in [5, 5.41) is 9.19. The molecule has 0 radical (unpaired) electrons. The average Bonchev–Trinajstić information content (AvgIpc) is 2.49. The molecule has 0 aliphatic rings. The molecular weight excluding hydrogens is 650 g/mol. The Labute approximate surface area is 180 Å². The van der Waals surface area contributed by atoms with E-state index in [1.54, 1.807) is 0 Å². The van der Waals surface area contributed by atoms with E-state index in [0.29, 0.717) is 10.7 Å². The van der Waals surface area contributed by atoms with Gasteiger partial charge in [0.05, 0.1) is 13.2 Å². The van der Waals surface area contributed by atoms with Crippen molar-refractivity contribution in [1.82, 2.24) is 0 Å². The number of alkyl halides is 6. The van der Waals surface area contributed by atoms with Crippen LogP contribution in [0.5, 0.6) is 0 Å². The molecule has 0 unspecified atom stereocenters. The highest BCUT2D eigenvalue weighted by atomic mass is 79.9. The Morgan fingerprint density at radius 1 is 0.857 bits per heavy atom. The van der Waals surface area contributed by atoms with Crippen molar-refractivity contribution in [3.05, 3.63) is 0 Å². The fourth-order valence-electron chi connectivity index (χ4n) is 0.273. The predicted molar refractivity (Wildman–Crippen MR) is 92.6 cm³/mol. The lowest BCUT2D eigenvalue weighted by molar-refractivity contribution is -0.321. The monoisotopic (exact) mass is 660 g/mol. The number of carbonyl (C=O) groups is 2. The molecule has 0 aromatic heterocycles. The van der Waals surface area contributed by atoms with Crippen molar-refractivity contribution in [1.29, 1.82) is 0 Å². The number of halogens is 13. The van der Waals surface area contributed by atoms with Gasteiger partial charge in [0.15, 0.2) is 0 Å². The molecule has 0 aromatic rings. The Morgan fingerprint density at radius 3 is 1.21 bits per heavy atom. The largest absolute Gasteiger partial charge is 0.522 e. The highest BCUT2D eigenvalue weighted by Crippen LogP contribution is 2.54. The highest BCUT2D eigenvalue weighted by Gasteiger charge is 2.28. The van der Waals surface area contributed by atoms with Crippen LogP contribution in [0.3, 0.4) is 0 Å². The van der Waals surface area contributed by atoms with E-state index >= 15 is 0 Å². The third-order valence-corrected chi connectivity index (χ3v) is 1.72. The van der Waals surface area contributed by atoms with Crippen molar-refractivity contribution in [2.45, 2.75) is 6.36 Å². The van der Waals surface area contributed by atoms with Crippen LogP contribution in [0.4, 0.5) is 51.5 Å². The molecule has 0 saturated carbocycles. The third kappa shape index (κ3) is 161. The molecule has 0 aliphatic heterocycles. The quantitative estimate of drug-likeness (QED) is 0.192. The Morgan fingerprint density at radius 2 is 1.14 bits per heavy atom. The lowest BCUT2D eigenvalue weighted by Crippen LogP contribution is -2.14. The van der Waals surface area contributed by atoms with Crippen molar-refractivity contribution < 1.29 is 66.1 Å². The number of rotatable bonds is 5. The summed E-state index contributed by atoms with van der Waals surface area (Å²) in [5.41, 5.74) is 0. The molecule has 0 bridgehead atoms. The van der Waals surface area contributed by atoms with E-state index in [4.69, 9.17) is 9.90 Å². The Bertz CT molecular complexity index is 337. The van der Waals surface area contributed by atoms with E-state index < -0.39 is 30.4 Å². The summed E-state index contributed by atoms with van der Waals surface area (Å²) in [5.74, 6) is 0. The van der Waals surface area contributed by atoms with Gasteiger partial charge in [-0.05, 0) is 0 Å². The number of hydrogen-bond acceptors (Lipinski definition) is 5. The number of carbonyl (C=O) groups excluding carboxylic acids is 2. The molecule has 19 heteroatoms. The lowest BCUT2D eigenvalue weighted by atomic mass is 10.9. The fourth-order valence-corrected chi connectivity index (χ4v) is 0.597. The number of hydrogen-bond donors (Lipinski definition) is 1. The maximum absolute atomic E-state index is 11.0. The van der Waals surface area contributed by atoms with Crippen LogP contribution in [-0.4, -0.2) is 59.8 Å². The molecule has 0 aliphatic carbocycles. The molecule has 1 N–H and O–H groups in total. The van der Waals surface area contributed by atoms with Gasteiger partial charge in [-0.3, -0.25) is 4.74 Å². The second-order valence-electron chi connectivity index (χ2n) is 2.75. The van der Waals surface area contributed by atoms with Gasteiger partial charge in [-0.25, -0.2) is 9.59 Å². The van der Waals surface area contributed by atoms with Gasteiger partial charge in [0.2, 0.25) is 0 Å². The molecule has 0 atom stereocenters. The minimum absolute atomic E-state index is 0.0926. The smallest absolute Gasteiger partial charge is 0.439 e. The van der Waals surface area contributed by atoms with Crippen LogP contribution in [0.25, 0.3) is 0 Å². The first-order valence-corrected chi connectivity index (χ1v) is 10.4. The van der Waals surface area contributed by atoms with Crippen molar-refractivity contribution >= 4 is 71.9 Å². The lowest BCUT2D eigenvalue weighted by Gasteiger charge is -2.03. The molecule has 0 heterocycles. The second-order valence-corrected chi connectivity index (χ2v) is 5.83. The van der Waals surface area contributed by atoms with Gasteiger partial charge in [0.25, 0.3) is 0 Å². The number of aliphatic hydroxyl groups excluding tert-OH is 1. The van der Waals surface area contributed by atoms with E-state index in [1.807, 2.05) is 0 Å². The van der Waals surface area contributed by atoms with E-state index in [0.717, 1.165) is 0 Å². The van der Waals surface area contributed by atoms with Crippen molar-refractivity contribution in [2.75, 3.05) is 35.8 Å². The zero-order chi connectivity index (χ0) is 23.8. The first-order valence-electron chi connectivity index (χ1n) is 5.76. The fraction of sp³-hybridized carbons (Fsp3) is 0.778. The summed E-state index contributed by atoms with van der Waals surface area (Å²) in [6.45, 7) is -0.00116. The van der Waals surface area contributed by atoms with Crippen LogP contribution in [0.1, 0.15) is 0 Å². The first-order chi connectivity index (χ1) is 12.5. The maximum atomic E-state index is 11.0. The van der Waals surface area contributed by atoms with Gasteiger partial charge in [0.1, 0.15) is 6.61 Å². The summed E-state index contributed by atoms with van der Waals surface area (Å²) in [6.07, 6.45) is -9.03. The van der Waals surface area contributed by atoms with E-state index in [-0.39, 0.29) is 25.2 Å². The molecule has 0 spiro atoms. The molecule has 0 saturated heterocycles. The summed E-state index contributed by atoms with van der Waals surface area (Å²) in [4.78, 5) is 17.4. The van der Waals surface area contributed by atoms with Gasteiger partial charge in [-0.1, -0.05) is 63.3 Å². The highest BCUT2D eigenvalue weighted by molar-refractivity contribution is 9.09. The second kappa shape index (κ2) is 27.1. The zero-order valence-corrected chi connectivity index (χ0v) is 18.7. The zero-order valence-electron chi connectivity index (χ0n) is 13.1. The first kappa shape index (κ1) is 38.7. The summed E-state index contributed by atoms with van der Waals surface area (Å²) < 4.78 is 110. The van der Waals surface area contributed by atoms with Crippen LogP contribution in [0.2, 0.25) is 0 Å². The molecule has 0 aromatic carbocycles. The number of aliphatic hydroxyl groups is 1. The van der Waals surface area contributed by atoms with Crippen LogP contribution in [0, 0.1) is 0 Å². The normalized spacial score (nSPS) is 10.2. The van der Waals surface area contributed by atoms with Crippen molar-refractivity contribution in [2.24, 2.45) is 0 Å². The topological polar surface area (TPSA) is 72.8 Å². The van der Waals surface area contributed by atoms with Gasteiger partial charge in [-0.2, -0.15) is 0 Å². The van der Waals surface area contributed by atoms with Crippen LogP contribution < -0.4 is 0 Å². The average molecular weight is 663 g/mol. The molecule has 5 nitrogen and oxygen atoms in total. The summed E-state index contributed by atoms with van der Waals surface area (Å²) >= 11 is 2.54. The van der Waals surface area contributed by atoms with Crippen molar-refractivity contribution in [3.8, 4) is 0 Å². The molecule has 176 valence electrons. The molecule has 0 fully saturated rings. The summed E-state index contributed by atoms with van der Waals surface area (Å²) in [7, 11) is 0. The van der Waals surface area contributed by atoms with E-state index in [1.165, 1.54) is 0 Å². The van der Waals surface area contributed by atoms with Crippen molar-refractivity contribution in [3.63, 3.8) is 0 Å². The van der Waals surface area contributed by atoms with E-state index in [9.17, 15) is 46.7 Å². The Balaban J connectivity index is -0.0000000812. The predicted octanol–water partition coefficient (Wildman–Crippen LogP) is 7.15. The van der Waals surface area contributed by atoms with Crippen LogP contribution in [0.15, 0.2) is 0 Å². The standard InChI is InChI=1S/C3H4BrF3O.C3H4BrFO2.C2H5BrO.CF2O.F4S/c4-1-2-8-3(5,6)7;4-1-2-7-3(5)6;3-1-2-4;2-1(3)4;1-5(2,3)4/h1-2H2;1-2H2;4H,1-2H2;;. The maximum Gasteiger partial charge on any atom is 0.522 e. The van der Waals surface area contributed by atoms with Gasteiger partial charge >= 0.3 is 30.4 Å². The summed E-state index contributed by atoms with van der Waals surface area (Å²) in [6, 6.07) is 0. The minimum Gasteiger partial charge on any atom is -0.439 e.